The first-order chi connectivity index (χ1) is 13.4. The predicted octanol–water partition coefficient (Wildman–Crippen LogP) is 5.64. The molecule has 2 heterocycles. The van der Waals surface area contributed by atoms with Crippen LogP contribution in [-0.2, 0) is 0 Å². The molecule has 0 amide bonds. The van der Waals surface area contributed by atoms with E-state index in [1.54, 1.807) is 11.8 Å². The highest BCUT2D eigenvalue weighted by Gasteiger charge is 2.25. The van der Waals surface area contributed by atoms with Gasteiger partial charge in [-0.25, -0.2) is 4.68 Å². The molecule has 4 nitrogen and oxygen atoms in total. The number of thioether (sulfide) groups is 1. The second-order valence-corrected chi connectivity index (χ2v) is 8.05. The number of aromatic nitrogens is 3. The smallest absolute Gasteiger partial charge is 0.214 e. The van der Waals surface area contributed by atoms with Gasteiger partial charge in [-0.1, -0.05) is 85.6 Å². The van der Waals surface area contributed by atoms with Crippen molar-refractivity contribution in [2.24, 2.45) is 0 Å². The molecule has 0 unspecified atom stereocenters. The third-order valence-electron chi connectivity index (χ3n) is 5.45. The number of benzene rings is 2. The number of nitrogens with zero attached hydrogens (tertiary/aromatic N) is 3. The quantitative estimate of drug-likeness (QED) is 0.644. The number of hydrogen-bond acceptors (Lipinski definition) is 4. The van der Waals surface area contributed by atoms with E-state index in [1.807, 2.05) is 6.07 Å². The van der Waals surface area contributed by atoms with Crippen LogP contribution in [0.15, 0.2) is 65.2 Å². The van der Waals surface area contributed by atoms with Crippen LogP contribution in [0.4, 0.5) is 0 Å². The number of rotatable bonds is 3. The maximum absolute atomic E-state index is 4.50. The Morgan fingerprint density at radius 3 is 2.30 bits per heavy atom. The molecule has 0 radical (unpaired) electrons. The molecular formula is C22H22N4S. The van der Waals surface area contributed by atoms with E-state index in [0.717, 1.165) is 16.7 Å². The van der Waals surface area contributed by atoms with Crippen LogP contribution in [0, 0.1) is 0 Å². The van der Waals surface area contributed by atoms with E-state index < -0.39 is 0 Å². The van der Waals surface area contributed by atoms with Crippen LogP contribution in [0.3, 0.4) is 0 Å². The molecule has 1 fully saturated rings. The van der Waals surface area contributed by atoms with E-state index in [2.05, 4.69) is 74.2 Å². The fourth-order valence-electron chi connectivity index (χ4n) is 3.95. The third kappa shape index (κ3) is 3.28. The SMILES string of the molecule is C1=C(c2ccc(-c3ccccc3)cc2)Nn2c(nnc2C2CCCCC2)S1. The average Bonchev–Trinajstić information content (AvgIpc) is 3.18. The van der Waals surface area contributed by atoms with Gasteiger partial charge in [0.1, 0.15) is 0 Å². The summed E-state index contributed by atoms with van der Waals surface area (Å²) in [6.45, 7) is 0. The van der Waals surface area contributed by atoms with E-state index in [9.17, 15) is 0 Å². The van der Waals surface area contributed by atoms with Crippen molar-refractivity contribution in [3.05, 3.63) is 71.4 Å². The molecule has 5 rings (SSSR count). The van der Waals surface area contributed by atoms with Crippen molar-refractivity contribution in [1.29, 1.82) is 0 Å². The summed E-state index contributed by atoms with van der Waals surface area (Å²) in [5.74, 6) is 1.61. The fourth-order valence-corrected chi connectivity index (χ4v) is 4.70. The van der Waals surface area contributed by atoms with E-state index in [0.29, 0.717) is 5.92 Å². The van der Waals surface area contributed by atoms with Crippen LogP contribution >= 0.6 is 11.8 Å². The Bertz CT molecular complexity index is 954. The van der Waals surface area contributed by atoms with Gasteiger partial charge in [0.15, 0.2) is 5.82 Å². The van der Waals surface area contributed by atoms with Crippen LogP contribution < -0.4 is 5.43 Å². The Morgan fingerprint density at radius 1 is 0.815 bits per heavy atom. The summed E-state index contributed by atoms with van der Waals surface area (Å²) >= 11 is 1.64. The minimum atomic E-state index is 0.521. The maximum Gasteiger partial charge on any atom is 0.214 e. The monoisotopic (exact) mass is 374 g/mol. The Hall–Kier alpha value is -2.53. The molecule has 1 N–H and O–H groups in total. The van der Waals surface area contributed by atoms with Crippen molar-refractivity contribution in [1.82, 2.24) is 14.9 Å². The van der Waals surface area contributed by atoms with E-state index >= 15 is 0 Å². The summed E-state index contributed by atoms with van der Waals surface area (Å²) in [6.07, 6.45) is 6.37. The molecule has 5 heteroatoms. The standard InChI is InChI=1S/C22H22N4S/c1-3-7-16(8-4-1)17-11-13-18(14-12-17)20-15-27-22-24-23-21(26(22)25-20)19-9-5-2-6-10-19/h1,3-4,7-8,11-15,19,25H,2,5-6,9-10H2. The van der Waals surface area contributed by atoms with Gasteiger partial charge in [0.2, 0.25) is 5.16 Å². The van der Waals surface area contributed by atoms with Gasteiger partial charge in [-0.15, -0.1) is 10.2 Å². The summed E-state index contributed by atoms with van der Waals surface area (Å²) in [4.78, 5) is 0. The molecule has 136 valence electrons. The van der Waals surface area contributed by atoms with Crippen LogP contribution in [0.2, 0.25) is 0 Å². The Labute approximate surface area is 163 Å². The second-order valence-electron chi connectivity index (χ2n) is 7.22. The second kappa shape index (κ2) is 7.24. The zero-order valence-electron chi connectivity index (χ0n) is 15.1. The minimum Gasteiger partial charge on any atom is -0.290 e. The van der Waals surface area contributed by atoms with Crippen LogP contribution in [0.1, 0.15) is 49.4 Å². The number of hydrogen-bond donors (Lipinski definition) is 1. The van der Waals surface area contributed by atoms with Crippen molar-refractivity contribution >= 4 is 17.5 Å². The van der Waals surface area contributed by atoms with Crippen LogP contribution in [-0.4, -0.2) is 14.9 Å². The number of fused-ring (bicyclic) bond motifs is 1. The molecule has 0 bridgehead atoms. The predicted molar refractivity (Wildman–Crippen MR) is 111 cm³/mol. The Morgan fingerprint density at radius 2 is 1.52 bits per heavy atom. The van der Waals surface area contributed by atoms with Crippen LogP contribution in [0.25, 0.3) is 16.8 Å². The molecule has 2 aromatic carbocycles. The topological polar surface area (TPSA) is 42.7 Å². The molecule has 0 atom stereocenters. The summed E-state index contributed by atoms with van der Waals surface area (Å²) < 4.78 is 2.10. The molecule has 2 aliphatic rings. The Kier molecular flexibility index (Phi) is 4.46. The third-order valence-corrected chi connectivity index (χ3v) is 6.27. The highest BCUT2D eigenvalue weighted by molar-refractivity contribution is 8.02. The van der Waals surface area contributed by atoms with Crippen molar-refractivity contribution in [2.75, 3.05) is 5.43 Å². The summed E-state index contributed by atoms with van der Waals surface area (Å²) in [6, 6.07) is 19.2. The molecule has 27 heavy (non-hydrogen) atoms. The van der Waals surface area contributed by atoms with Crippen molar-refractivity contribution in [3.63, 3.8) is 0 Å². The summed E-state index contributed by atoms with van der Waals surface area (Å²) in [5.41, 5.74) is 8.30. The molecule has 3 aromatic rings. The van der Waals surface area contributed by atoms with Gasteiger partial charge < -0.3 is 0 Å². The normalized spacial score (nSPS) is 17.1. The molecule has 1 aliphatic carbocycles. The fraction of sp³-hybridized carbons (Fsp3) is 0.273. The van der Waals surface area contributed by atoms with Crippen molar-refractivity contribution in [3.8, 4) is 11.1 Å². The van der Waals surface area contributed by atoms with E-state index in [-0.39, 0.29) is 0 Å². The summed E-state index contributed by atoms with van der Waals surface area (Å²) in [5, 5.41) is 11.9. The van der Waals surface area contributed by atoms with E-state index in [4.69, 9.17) is 0 Å². The van der Waals surface area contributed by atoms with Crippen molar-refractivity contribution < 1.29 is 0 Å². The van der Waals surface area contributed by atoms with Gasteiger partial charge in [-0.3, -0.25) is 5.43 Å². The lowest BCUT2D eigenvalue weighted by atomic mass is 9.89. The minimum absolute atomic E-state index is 0.521. The molecule has 1 saturated carbocycles. The first-order valence-electron chi connectivity index (χ1n) is 9.63. The Balaban J connectivity index is 1.38. The lowest BCUT2D eigenvalue weighted by Gasteiger charge is -2.24. The first kappa shape index (κ1) is 16.6. The van der Waals surface area contributed by atoms with Crippen LogP contribution in [0.5, 0.6) is 0 Å². The first-order valence-corrected chi connectivity index (χ1v) is 10.5. The molecule has 1 aromatic heterocycles. The van der Waals surface area contributed by atoms with Gasteiger partial charge in [-0.05, 0) is 29.5 Å². The highest BCUT2D eigenvalue weighted by Crippen LogP contribution is 2.35. The zero-order valence-corrected chi connectivity index (χ0v) is 16.0. The molecule has 0 spiro atoms. The maximum atomic E-state index is 4.50. The van der Waals surface area contributed by atoms with Gasteiger partial charge in [0.05, 0.1) is 5.70 Å². The zero-order chi connectivity index (χ0) is 18.1. The molecular weight excluding hydrogens is 352 g/mol. The highest BCUT2D eigenvalue weighted by atomic mass is 32.2. The lowest BCUT2D eigenvalue weighted by Crippen LogP contribution is -2.22. The lowest BCUT2D eigenvalue weighted by molar-refractivity contribution is 0.420. The average molecular weight is 375 g/mol. The summed E-state index contributed by atoms with van der Waals surface area (Å²) in [7, 11) is 0. The van der Waals surface area contributed by atoms with Gasteiger partial charge >= 0.3 is 0 Å². The molecule has 0 saturated heterocycles. The van der Waals surface area contributed by atoms with Gasteiger partial charge in [0.25, 0.3) is 0 Å². The van der Waals surface area contributed by atoms with E-state index in [1.165, 1.54) is 48.8 Å². The largest absolute Gasteiger partial charge is 0.290 e. The van der Waals surface area contributed by atoms with Gasteiger partial charge in [0, 0.05) is 11.3 Å². The molecule has 1 aliphatic heterocycles. The van der Waals surface area contributed by atoms with Gasteiger partial charge in [-0.2, -0.15) is 0 Å². The number of nitrogens with one attached hydrogen (secondary N) is 1. The van der Waals surface area contributed by atoms with Crippen molar-refractivity contribution in [2.45, 2.75) is 43.2 Å².